The first kappa shape index (κ1) is 12.3. The molecule has 0 N–H and O–H groups in total. The van der Waals surface area contributed by atoms with E-state index in [-0.39, 0.29) is 12.3 Å². The van der Waals surface area contributed by atoms with Gasteiger partial charge < -0.3 is 0 Å². The van der Waals surface area contributed by atoms with Crippen LogP contribution in [0.5, 0.6) is 0 Å². The Morgan fingerprint density at radius 3 is 2.39 bits per heavy atom. The third-order valence-electron chi connectivity index (χ3n) is 2.40. The van der Waals surface area contributed by atoms with Gasteiger partial charge in [0.15, 0.2) is 0 Å². The highest BCUT2D eigenvalue weighted by molar-refractivity contribution is 5.80. The highest BCUT2D eigenvalue weighted by Gasteiger charge is 2.29. The van der Waals surface area contributed by atoms with E-state index in [0.717, 1.165) is 16.8 Å². The van der Waals surface area contributed by atoms with Crippen LogP contribution in [0.15, 0.2) is 42.7 Å². The molecule has 0 bridgehead atoms. The predicted octanol–water partition coefficient (Wildman–Crippen LogP) is 2.78. The molecule has 0 saturated heterocycles. The summed E-state index contributed by atoms with van der Waals surface area (Å²) in [5.74, 6) is -0.292. The predicted molar refractivity (Wildman–Crippen MR) is 58.0 cm³/mol. The van der Waals surface area contributed by atoms with Gasteiger partial charge in [-0.15, -0.1) is 0 Å². The van der Waals surface area contributed by atoms with Gasteiger partial charge in [-0.05, 0) is 23.8 Å². The molecule has 0 atom stereocenters. The molecule has 94 valence electrons. The molecule has 0 radical (unpaired) electrons. The Bertz CT molecular complexity index is 529. The molecule has 1 aromatic carbocycles. The lowest BCUT2D eigenvalue weighted by Crippen LogP contribution is -2.14. The Morgan fingerprint density at radius 2 is 1.89 bits per heavy atom. The summed E-state index contributed by atoms with van der Waals surface area (Å²) in [5.41, 5.74) is -0.207. The smallest absolute Gasteiger partial charge is 0.272 e. The van der Waals surface area contributed by atoms with Crippen LogP contribution in [0, 0.1) is 0 Å². The Morgan fingerprint density at radius 1 is 1.22 bits per heavy atom. The molecule has 0 aliphatic rings. The minimum Gasteiger partial charge on any atom is -0.272 e. The monoisotopic (exact) mass is 254 g/mol. The minimum absolute atomic E-state index is 0.0137. The number of hydrogen-bond donors (Lipinski definition) is 0. The van der Waals surface area contributed by atoms with E-state index < -0.39 is 11.7 Å². The second-order valence-corrected chi connectivity index (χ2v) is 3.72. The first-order valence-electron chi connectivity index (χ1n) is 5.16. The minimum atomic E-state index is -4.36. The van der Waals surface area contributed by atoms with Crippen molar-refractivity contribution in [2.75, 3.05) is 0 Å². The van der Waals surface area contributed by atoms with Crippen LogP contribution in [0.3, 0.4) is 0 Å². The highest BCUT2D eigenvalue weighted by atomic mass is 19.4. The normalized spacial score (nSPS) is 11.5. The quantitative estimate of drug-likeness (QED) is 0.826. The Hall–Kier alpha value is -2.11. The lowest BCUT2D eigenvalue weighted by atomic mass is 10.1. The van der Waals surface area contributed by atoms with Gasteiger partial charge in [0.05, 0.1) is 12.0 Å². The van der Waals surface area contributed by atoms with E-state index in [9.17, 15) is 18.0 Å². The van der Waals surface area contributed by atoms with Gasteiger partial charge in [0, 0.05) is 12.4 Å². The number of carbonyl (C=O) groups excluding carboxylic acids is 1. The molecule has 0 aliphatic carbocycles. The number of alkyl halides is 3. The van der Waals surface area contributed by atoms with E-state index in [1.165, 1.54) is 24.5 Å². The molecule has 2 rings (SSSR count). The number of aromatic nitrogens is 2. The Balaban J connectivity index is 2.09. The largest absolute Gasteiger partial charge is 0.416 e. The molecule has 18 heavy (non-hydrogen) atoms. The van der Waals surface area contributed by atoms with Gasteiger partial charge in [0.2, 0.25) is 0 Å². The van der Waals surface area contributed by atoms with Crippen molar-refractivity contribution in [3.8, 4) is 0 Å². The molecule has 0 aliphatic heterocycles. The fraction of sp³-hybridized carbons (Fsp3) is 0.167. The molecule has 6 heteroatoms. The van der Waals surface area contributed by atoms with E-state index in [0.29, 0.717) is 5.56 Å². The lowest BCUT2D eigenvalue weighted by molar-refractivity contribution is -0.137. The third kappa shape index (κ3) is 2.77. The van der Waals surface area contributed by atoms with Crippen LogP contribution < -0.4 is 0 Å². The fourth-order valence-electron chi connectivity index (χ4n) is 1.48. The first-order valence-corrected chi connectivity index (χ1v) is 5.16. The summed E-state index contributed by atoms with van der Waals surface area (Å²) in [5, 5.41) is 3.76. The number of rotatable bonds is 2. The Kier molecular flexibility index (Phi) is 3.18. The molecule has 0 fully saturated rings. The first-order chi connectivity index (χ1) is 8.47. The molecule has 0 spiro atoms. The van der Waals surface area contributed by atoms with Crippen LogP contribution in [0.1, 0.15) is 15.9 Å². The van der Waals surface area contributed by atoms with Crippen LogP contribution in [-0.2, 0) is 12.6 Å². The number of halogens is 3. The molecule has 1 heterocycles. The maximum Gasteiger partial charge on any atom is 0.416 e. The van der Waals surface area contributed by atoms with Gasteiger partial charge in [-0.2, -0.15) is 18.3 Å². The molecule has 0 saturated carbocycles. The van der Waals surface area contributed by atoms with Crippen molar-refractivity contribution in [1.82, 2.24) is 9.78 Å². The van der Waals surface area contributed by atoms with Crippen LogP contribution >= 0.6 is 0 Å². The maximum absolute atomic E-state index is 12.3. The van der Waals surface area contributed by atoms with Crippen molar-refractivity contribution < 1.29 is 18.0 Å². The van der Waals surface area contributed by atoms with Gasteiger partial charge in [-0.25, -0.2) is 4.68 Å². The zero-order valence-corrected chi connectivity index (χ0v) is 9.19. The zero-order valence-electron chi connectivity index (χ0n) is 9.19. The SMILES string of the molecule is O=C(Cc1ccc(C(F)(F)F)cc1)n1cccn1. The summed E-state index contributed by atoms with van der Waals surface area (Å²) in [7, 11) is 0. The van der Waals surface area contributed by atoms with Gasteiger partial charge in [0.25, 0.3) is 5.91 Å². The van der Waals surface area contributed by atoms with Crippen molar-refractivity contribution >= 4 is 5.91 Å². The molecule has 0 unspecified atom stereocenters. The van der Waals surface area contributed by atoms with E-state index in [1.54, 1.807) is 6.07 Å². The standard InChI is InChI=1S/C12H9F3N2O/c13-12(14,15)10-4-2-9(3-5-10)8-11(18)17-7-1-6-16-17/h1-7H,8H2. The van der Waals surface area contributed by atoms with Crippen LogP contribution in [0.4, 0.5) is 13.2 Å². The summed E-state index contributed by atoms with van der Waals surface area (Å²) >= 11 is 0. The van der Waals surface area contributed by atoms with Gasteiger partial charge in [0.1, 0.15) is 0 Å². The molecule has 1 aromatic heterocycles. The second kappa shape index (κ2) is 4.64. The van der Waals surface area contributed by atoms with Crippen molar-refractivity contribution in [3.05, 3.63) is 53.9 Å². The number of nitrogens with zero attached hydrogens (tertiary/aromatic N) is 2. The van der Waals surface area contributed by atoms with E-state index in [4.69, 9.17) is 0 Å². The maximum atomic E-state index is 12.3. The molecule has 0 amide bonds. The summed E-state index contributed by atoms with van der Waals surface area (Å²) in [6.45, 7) is 0. The average Bonchev–Trinajstić information content (AvgIpc) is 2.82. The zero-order chi connectivity index (χ0) is 13.2. The van der Waals surface area contributed by atoms with Crippen molar-refractivity contribution in [2.24, 2.45) is 0 Å². The van der Waals surface area contributed by atoms with Crippen LogP contribution in [0.2, 0.25) is 0 Å². The molecule has 2 aromatic rings. The van der Waals surface area contributed by atoms with E-state index in [2.05, 4.69) is 5.10 Å². The van der Waals surface area contributed by atoms with Gasteiger partial charge >= 0.3 is 6.18 Å². The second-order valence-electron chi connectivity index (χ2n) is 3.72. The number of benzene rings is 1. The number of carbonyl (C=O) groups is 1. The molecular formula is C12H9F3N2O. The highest BCUT2D eigenvalue weighted by Crippen LogP contribution is 2.29. The lowest BCUT2D eigenvalue weighted by Gasteiger charge is -2.07. The van der Waals surface area contributed by atoms with E-state index in [1.807, 2.05) is 0 Å². The molecular weight excluding hydrogens is 245 g/mol. The van der Waals surface area contributed by atoms with Gasteiger partial charge in [-0.3, -0.25) is 4.79 Å². The summed E-state index contributed by atoms with van der Waals surface area (Å²) < 4.78 is 38.1. The van der Waals surface area contributed by atoms with Crippen molar-refractivity contribution in [2.45, 2.75) is 12.6 Å². The summed E-state index contributed by atoms with van der Waals surface area (Å²) in [6.07, 6.45) is -1.39. The van der Waals surface area contributed by atoms with Crippen LogP contribution in [0.25, 0.3) is 0 Å². The molecule has 3 nitrogen and oxygen atoms in total. The third-order valence-corrected chi connectivity index (χ3v) is 2.40. The fourth-order valence-corrected chi connectivity index (χ4v) is 1.48. The Labute approximate surface area is 101 Å². The average molecular weight is 254 g/mol. The summed E-state index contributed by atoms with van der Waals surface area (Å²) in [4.78, 5) is 11.6. The van der Waals surface area contributed by atoms with Crippen molar-refractivity contribution in [1.29, 1.82) is 0 Å². The van der Waals surface area contributed by atoms with Crippen LogP contribution in [-0.4, -0.2) is 15.7 Å². The summed E-state index contributed by atoms with van der Waals surface area (Å²) in [6, 6.07) is 6.12. The van der Waals surface area contributed by atoms with Crippen molar-refractivity contribution in [3.63, 3.8) is 0 Å². The van der Waals surface area contributed by atoms with E-state index >= 15 is 0 Å². The topological polar surface area (TPSA) is 34.9 Å². The number of hydrogen-bond acceptors (Lipinski definition) is 2. The van der Waals surface area contributed by atoms with Gasteiger partial charge in [-0.1, -0.05) is 12.1 Å².